The maximum atomic E-state index is 13.6. The van der Waals surface area contributed by atoms with Crippen molar-refractivity contribution < 1.29 is 24.2 Å². The van der Waals surface area contributed by atoms with Crippen LogP contribution in [0.3, 0.4) is 0 Å². The molecule has 3 saturated heterocycles. The Kier molecular flexibility index (Phi) is 6.60. The van der Waals surface area contributed by atoms with E-state index in [0.717, 1.165) is 12.0 Å². The van der Waals surface area contributed by atoms with Crippen molar-refractivity contribution >= 4 is 23.7 Å². The fraction of sp³-hybridized carbons (Fsp3) is 0.464. The molecule has 222 valence electrons. The van der Waals surface area contributed by atoms with Gasteiger partial charge in [0, 0.05) is 24.7 Å². The van der Waals surface area contributed by atoms with Crippen LogP contribution in [0.15, 0.2) is 36.4 Å². The Morgan fingerprint density at radius 2 is 1.98 bits per heavy atom. The van der Waals surface area contributed by atoms with Crippen molar-refractivity contribution in [2.45, 2.75) is 55.6 Å². The number of nitrogens with zero attached hydrogens (tertiary/aromatic N) is 2. The van der Waals surface area contributed by atoms with Crippen molar-refractivity contribution in [1.29, 1.82) is 10.8 Å². The van der Waals surface area contributed by atoms with E-state index in [2.05, 4.69) is 45.4 Å². The number of aliphatic hydroxyl groups excluding tert-OH is 1. The molecular formula is C28H35N9O5. The summed E-state index contributed by atoms with van der Waals surface area (Å²) in [7, 11) is 1.46. The molecule has 0 aliphatic carbocycles. The fourth-order valence-corrected chi connectivity index (χ4v) is 6.44. The lowest BCUT2D eigenvalue weighted by molar-refractivity contribution is 0.00611. The number of methoxy groups -OCH3 is 1. The Hall–Kier alpha value is -4.59. The Morgan fingerprint density at radius 1 is 1.19 bits per heavy atom. The molecule has 42 heavy (non-hydrogen) atoms. The Bertz CT molecular complexity index is 1460. The minimum Gasteiger partial charge on any atom is -0.492 e. The van der Waals surface area contributed by atoms with Gasteiger partial charge in [-0.2, -0.15) is 0 Å². The lowest BCUT2D eigenvalue weighted by Gasteiger charge is -2.49. The third-order valence-corrected chi connectivity index (χ3v) is 8.68. The molecule has 14 heteroatoms. The van der Waals surface area contributed by atoms with Gasteiger partial charge in [-0.05, 0) is 24.0 Å². The summed E-state index contributed by atoms with van der Waals surface area (Å²) < 4.78 is 11.0. The molecule has 1 aromatic carbocycles. The number of pyridine rings is 1. The molecule has 2 unspecified atom stereocenters. The highest BCUT2D eigenvalue weighted by atomic mass is 16.5. The molecule has 5 atom stereocenters. The second-order valence-corrected chi connectivity index (χ2v) is 11.6. The van der Waals surface area contributed by atoms with Gasteiger partial charge in [-0.1, -0.05) is 32.0 Å². The molecule has 8 N–H and O–H groups in total. The van der Waals surface area contributed by atoms with Gasteiger partial charge in [-0.15, -0.1) is 0 Å². The molecule has 4 aliphatic heterocycles. The first-order valence-corrected chi connectivity index (χ1v) is 13.9. The van der Waals surface area contributed by atoms with E-state index in [1.807, 2.05) is 12.1 Å². The number of amides is 2. The van der Waals surface area contributed by atoms with Crippen molar-refractivity contribution in [3.63, 3.8) is 0 Å². The maximum absolute atomic E-state index is 13.6. The average Bonchev–Trinajstić information content (AvgIpc) is 3.47. The van der Waals surface area contributed by atoms with Gasteiger partial charge >= 0.3 is 0 Å². The van der Waals surface area contributed by atoms with E-state index < -0.39 is 41.7 Å². The first kappa shape index (κ1) is 27.6. The lowest BCUT2D eigenvalue weighted by atomic mass is 9.79. The molecule has 0 saturated carbocycles. The smallest absolute Gasteiger partial charge is 0.270 e. The van der Waals surface area contributed by atoms with Crippen LogP contribution in [-0.2, 0) is 5.41 Å². The zero-order valence-corrected chi connectivity index (χ0v) is 23.6. The van der Waals surface area contributed by atoms with E-state index in [4.69, 9.17) is 20.3 Å². The molecule has 0 bridgehead atoms. The van der Waals surface area contributed by atoms with Gasteiger partial charge in [0.2, 0.25) is 5.88 Å². The number of carbonyl (C=O) groups excluding carboxylic acids is 2. The number of guanidine groups is 2. The van der Waals surface area contributed by atoms with Gasteiger partial charge < -0.3 is 46.1 Å². The first-order valence-electron chi connectivity index (χ1n) is 13.9. The zero-order chi connectivity index (χ0) is 29.8. The molecule has 14 nitrogen and oxygen atoms in total. The Balaban J connectivity index is 1.21. The highest BCUT2D eigenvalue weighted by Gasteiger charge is 2.66. The van der Waals surface area contributed by atoms with Crippen molar-refractivity contribution in [2.75, 3.05) is 26.8 Å². The summed E-state index contributed by atoms with van der Waals surface area (Å²) in [6, 6.07) is 8.37. The van der Waals surface area contributed by atoms with Crippen LogP contribution in [0.4, 0.5) is 0 Å². The molecule has 1 spiro atoms. The molecular weight excluding hydrogens is 542 g/mol. The lowest BCUT2D eigenvalue weighted by Crippen LogP contribution is -2.78. The zero-order valence-electron chi connectivity index (χ0n) is 23.6. The number of benzene rings is 1. The Morgan fingerprint density at radius 3 is 2.76 bits per heavy atom. The van der Waals surface area contributed by atoms with Crippen LogP contribution in [-0.4, -0.2) is 95.4 Å². The predicted octanol–water partition coefficient (Wildman–Crippen LogP) is -0.546. The highest BCUT2D eigenvalue weighted by molar-refractivity contribution is 5.98. The molecule has 6 rings (SSSR count). The number of nitrogens with one attached hydrogen (secondary N) is 7. The van der Waals surface area contributed by atoms with Gasteiger partial charge in [0.25, 0.3) is 11.8 Å². The third-order valence-electron chi connectivity index (χ3n) is 8.68. The minimum atomic E-state index is -1.31. The summed E-state index contributed by atoms with van der Waals surface area (Å²) in [5.74, 6) is -0.0212. The molecule has 0 radical (unpaired) electrons. The molecule has 4 aliphatic rings. The number of ether oxygens (including phenoxy) is 2. The van der Waals surface area contributed by atoms with Crippen LogP contribution in [0.25, 0.3) is 0 Å². The standard InChI is InChI=1S/C28H35N9O5/c1-27(2)10-11-42-20-14(6-4-7-15(20)27)23(39)33-18-13-37-26(30)34-17(21-28(37,22(18)38)36-25(29)35-21)12-31-24(40)16-8-5-9-19(32-16)41-3/h4-9,17-18,21-22,38H,10-13H2,1-3H3,(H2,30,34)(H,31,40)(H,33,39)(H3,29,35,36)/t17-,18?,21-,22+,28?/m0/s1. The molecule has 2 aromatic rings. The summed E-state index contributed by atoms with van der Waals surface area (Å²) in [5.41, 5.74) is 0.0596. The van der Waals surface area contributed by atoms with E-state index in [1.165, 1.54) is 7.11 Å². The number of aromatic nitrogens is 1. The monoisotopic (exact) mass is 577 g/mol. The van der Waals surface area contributed by atoms with Crippen LogP contribution in [0.2, 0.25) is 0 Å². The van der Waals surface area contributed by atoms with Crippen molar-refractivity contribution in [2.24, 2.45) is 0 Å². The molecule has 3 fully saturated rings. The molecule has 1 aromatic heterocycles. The summed E-state index contributed by atoms with van der Waals surface area (Å²) in [4.78, 5) is 32.2. The van der Waals surface area contributed by atoms with E-state index in [1.54, 1.807) is 29.2 Å². The van der Waals surface area contributed by atoms with Crippen LogP contribution in [0.1, 0.15) is 46.7 Å². The summed E-state index contributed by atoms with van der Waals surface area (Å²) in [6.45, 7) is 4.92. The molecule has 2 amide bonds. The second kappa shape index (κ2) is 10.0. The Labute approximate surface area is 242 Å². The van der Waals surface area contributed by atoms with E-state index in [-0.39, 0.29) is 36.1 Å². The summed E-state index contributed by atoms with van der Waals surface area (Å²) >= 11 is 0. The van der Waals surface area contributed by atoms with Gasteiger partial charge in [-0.25, -0.2) is 4.98 Å². The number of fused-ring (bicyclic) bond motifs is 1. The quantitative estimate of drug-likeness (QED) is 0.221. The number of rotatable bonds is 6. The number of hydrogen-bond acceptors (Lipinski definition) is 8. The third kappa shape index (κ3) is 4.33. The predicted molar refractivity (Wildman–Crippen MR) is 152 cm³/mol. The van der Waals surface area contributed by atoms with Crippen molar-refractivity contribution in [3.8, 4) is 11.6 Å². The number of hydrogen-bond donors (Lipinski definition) is 8. The number of aliphatic hydroxyl groups is 1. The number of carbonyl (C=O) groups is 2. The van der Waals surface area contributed by atoms with Gasteiger partial charge in [0.05, 0.1) is 37.4 Å². The average molecular weight is 578 g/mol. The maximum Gasteiger partial charge on any atom is 0.270 e. The fourth-order valence-electron chi connectivity index (χ4n) is 6.44. The second-order valence-electron chi connectivity index (χ2n) is 11.6. The minimum absolute atomic E-state index is 0.00743. The van der Waals surface area contributed by atoms with E-state index in [9.17, 15) is 14.7 Å². The van der Waals surface area contributed by atoms with Crippen LogP contribution >= 0.6 is 0 Å². The van der Waals surface area contributed by atoms with Gasteiger partial charge in [0.15, 0.2) is 17.6 Å². The number of para-hydroxylation sites is 1. The topological polar surface area (TPSA) is 197 Å². The van der Waals surface area contributed by atoms with Crippen LogP contribution < -0.4 is 36.1 Å². The summed E-state index contributed by atoms with van der Waals surface area (Å²) in [5, 5.41) is 43.7. The highest BCUT2D eigenvalue weighted by Crippen LogP contribution is 2.41. The van der Waals surface area contributed by atoms with Crippen LogP contribution in [0.5, 0.6) is 11.6 Å². The first-order chi connectivity index (χ1) is 20.0. The van der Waals surface area contributed by atoms with Crippen molar-refractivity contribution in [1.82, 2.24) is 36.5 Å². The molecule has 5 heterocycles. The normalized spacial score (nSPS) is 28.6. The summed E-state index contributed by atoms with van der Waals surface area (Å²) in [6.07, 6.45) is -0.373. The van der Waals surface area contributed by atoms with E-state index in [0.29, 0.717) is 23.8 Å². The SMILES string of the molecule is COc1cccc(C(=O)NC[C@@H]2NC(=N)N3CC(NC(=O)c4cccc5c4OCCC5(C)C)[C@@H](O)C34NC(=N)N[C@@H]24)n1. The van der Waals surface area contributed by atoms with Crippen LogP contribution in [0, 0.1) is 10.8 Å². The largest absolute Gasteiger partial charge is 0.492 e. The van der Waals surface area contributed by atoms with Crippen molar-refractivity contribution in [3.05, 3.63) is 53.2 Å². The van der Waals surface area contributed by atoms with E-state index >= 15 is 0 Å². The van der Waals surface area contributed by atoms with Gasteiger partial charge in [-0.3, -0.25) is 20.4 Å². The van der Waals surface area contributed by atoms with Gasteiger partial charge in [0.1, 0.15) is 17.5 Å².